The molecule has 0 aliphatic rings. The molecule has 0 amide bonds. The van der Waals surface area contributed by atoms with Crippen molar-refractivity contribution in [1.82, 2.24) is 9.97 Å². The van der Waals surface area contributed by atoms with Crippen molar-refractivity contribution in [3.8, 4) is 17.3 Å². The van der Waals surface area contributed by atoms with E-state index in [1.807, 2.05) is 37.3 Å². The molecule has 1 N–H and O–H groups in total. The van der Waals surface area contributed by atoms with E-state index in [9.17, 15) is 20.0 Å². The molecule has 6 nitrogen and oxygen atoms in total. The molecule has 7 heteroatoms. The van der Waals surface area contributed by atoms with Gasteiger partial charge in [-0.2, -0.15) is 5.26 Å². The van der Waals surface area contributed by atoms with Crippen LogP contribution in [-0.2, 0) is 5.75 Å². The normalized spacial score (nSPS) is 10.4. The van der Waals surface area contributed by atoms with Gasteiger partial charge in [0.15, 0.2) is 5.16 Å². The monoisotopic (exact) mass is 376 g/mol. The second-order valence-corrected chi connectivity index (χ2v) is 6.81. The van der Waals surface area contributed by atoms with Gasteiger partial charge in [0.2, 0.25) is 0 Å². The van der Waals surface area contributed by atoms with Crippen molar-refractivity contribution in [2.75, 3.05) is 0 Å². The van der Waals surface area contributed by atoms with Crippen molar-refractivity contribution in [2.24, 2.45) is 0 Å². The summed E-state index contributed by atoms with van der Waals surface area (Å²) >= 11 is 1.29. The van der Waals surface area contributed by atoms with Crippen LogP contribution in [0, 0.1) is 18.3 Å². The molecule has 134 valence electrons. The van der Waals surface area contributed by atoms with E-state index >= 15 is 0 Å². The van der Waals surface area contributed by atoms with Crippen molar-refractivity contribution in [3.63, 3.8) is 0 Å². The molecule has 0 bridgehead atoms. The van der Waals surface area contributed by atoms with Gasteiger partial charge in [0.1, 0.15) is 11.6 Å². The predicted octanol–water partition coefficient (Wildman–Crippen LogP) is 2.27. The van der Waals surface area contributed by atoms with E-state index in [1.54, 1.807) is 12.1 Å². The molecular formula is C20H14N3O3S-. The van der Waals surface area contributed by atoms with Crippen LogP contribution in [0.25, 0.3) is 11.3 Å². The molecule has 0 saturated carbocycles. The van der Waals surface area contributed by atoms with Gasteiger partial charge in [-0.3, -0.25) is 4.79 Å². The number of H-pyrrole nitrogens is 1. The average molecular weight is 376 g/mol. The maximum Gasteiger partial charge on any atom is 0.270 e. The topological polar surface area (TPSA) is 110 Å². The fourth-order valence-corrected chi connectivity index (χ4v) is 3.25. The second kappa shape index (κ2) is 7.89. The van der Waals surface area contributed by atoms with E-state index in [-0.39, 0.29) is 11.1 Å². The first kappa shape index (κ1) is 18.4. The summed E-state index contributed by atoms with van der Waals surface area (Å²) in [6.07, 6.45) is 0. The highest BCUT2D eigenvalue weighted by atomic mass is 32.2. The Kier molecular flexibility index (Phi) is 5.38. The fraction of sp³-hybridized carbons (Fsp3) is 0.100. The Hall–Kier alpha value is -3.37. The zero-order valence-electron chi connectivity index (χ0n) is 14.4. The molecule has 3 aromatic rings. The number of benzene rings is 2. The molecule has 1 heterocycles. The van der Waals surface area contributed by atoms with Gasteiger partial charge in [-0.1, -0.05) is 65.9 Å². The molecule has 0 atom stereocenters. The smallest absolute Gasteiger partial charge is 0.270 e. The van der Waals surface area contributed by atoms with Crippen LogP contribution < -0.4 is 10.7 Å². The number of rotatable bonds is 5. The van der Waals surface area contributed by atoms with Gasteiger partial charge in [-0.25, -0.2) is 4.98 Å². The molecule has 3 rings (SSSR count). The number of nitrogens with one attached hydrogen (secondary N) is 1. The van der Waals surface area contributed by atoms with Crippen LogP contribution in [0.4, 0.5) is 0 Å². The molecule has 0 aliphatic carbocycles. The number of carbonyl (C=O) groups excluding carboxylic acids is 1. The first-order chi connectivity index (χ1) is 13.0. The maximum absolute atomic E-state index is 12.3. The first-order valence-corrected chi connectivity index (χ1v) is 9.01. The SMILES string of the molecule is Cc1ccc(-c2nc(SCc3ccc(C(=O)[O-])cc3)[nH]c(=O)c2C#N)cc1. The molecule has 27 heavy (non-hydrogen) atoms. The summed E-state index contributed by atoms with van der Waals surface area (Å²) < 4.78 is 0. The van der Waals surface area contributed by atoms with Gasteiger partial charge >= 0.3 is 0 Å². The number of hydrogen-bond donors (Lipinski definition) is 1. The largest absolute Gasteiger partial charge is 0.545 e. The van der Waals surface area contributed by atoms with E-state index < -0.39 is 11.5 Å². The molecule has 1 aromatic heterocycles. The van der Waals surface area contributed by atoms with Gasteiger partial charge < -0.3 is 14.9 Å². The number of hydrogen-bond acceptors (Lipinski definition) is 6. The Morgan fingerprint density at radius 1 is 1.19 bits per heavy atom. The summed E-state index contributed by atoms with van der Waals surface area (Å²) in [5.74, 6) is -0.745. The minimum absolute atomic E-state index is 0.0264. The minimum Gasteiger partial charge on any atom is -0.545 e. The minimum atomic E-state index is -1.23. The lowest BCUT2D eigenvalue weighted by Crippen LogP contribution is -2.21. The molecule has 0 fully saturated rings. The standard InChI is InChI=1S/C20H15N3O3S/c1-12-2-6-14(7-3-12)17-16(10-21)18(24)23-20(22-17)27-11-13-4-8-15(9-5-13)19(25)26/h2-9H,11H2,1H3,(H,25,26)(H,22,23,24)/p-1. The Morgan fingerprint density at radius 2 is 1.85 bits per heavy atom. The lowest BCUT2D eigenvalue weighted by molar-refractivity contribution is -0.255. The van der Waals surface area contributed by atoms with Crippen LogP contribution in [0.5, 0.6) is 0 Å². The number of nitrogens with zero attached hydrogens (tertiary/aromatic N) is 2. The number of nitriles is 1. The number of thioether (sulfide) groups is 1. The molecule has 0 saturated heterocycles. The number of aryl methyl sites for hydroxylation is 1. The third kappa shape index (κ3) is 4.25. The van der Waals surface area contributed by atoms with E-state index in [2.05, 4.69) is 9.97 Å². The lowest BCUT2D eigenvalue weighted by atomic mass is 10.1. The zero-order valence-corrected chi connectivity index (χ0v) is 15.2. The summed E-state index contributed by atoms with van der Waals surface area (Å²) in [4.78, 5) is 30.1. The predicted molar refractivity (Wildman–Crippen MR) is 100 cm³/mol. The number of carboxylic acid groups (broad SMARTS) is 1. The van der Waals surface area contributed by atoms with Crippen LogP contribution in [0.1, 0.15) is 27.0 Å². The van der Waals surface area contributed by atoms with Crippen molar-refractivity contribution in [1.29, 1.82) is 5.26 Å². The van der Waals surface area contributed by atoms with E-state index in [4.69, 9.17) is 0 Å². The van der Waals surface area contributed by atoms with Gasteiger partial charge in [0.25, 0.3) is 5.56 Å². The van der Waals surface area contributed by atoms with Crippen molar-refractivity contribution in [2.45, 2.75) is 17.8 Å². The van der Waals surface area contributed by atoms with Gasteiger partial charge in [0, 0.05) is 11.3 Å². The summed E-state index contributed by atoms with van der Waals surface area (Å²) in [5.41, 5.74) is 2.57. The fourth-order valence-electron chi connectivity index (χ4n) is 2.43. The third-order valence-corrected chi connectivity index (χ3v) is 4.84. The Bertz CT molecular complexity index is 1080. The molecule has 0 aliphatic heterocycles. The quantitative estimate of drug-likeness (QED) is 0.540. The highest BCUT2D eigenvalue weighted by molar-refractivity contribution is 7.98. The van der Waals surface area contributed by atoms with Gasteiger partial charge in [-0.05, 0) is 18.1 Å². The van der Waals surface area contributed by atoms with Crippen LogP contribution in [0.15, 0.2) is 58.5 Å². The number of aromatic amines is 1. The third-order valence-electron chi connectivity index (χ3n) is 3.90. The Balaban J connectivity index is 1.88. The maximum atomic E-state index is 12.3. The Labute approximate surface area is 159 Å². The molecule has 0 spiro atoms. The van der Waals surface area contributed by atoms with Crippen LogP contribution >= 0.6 is 11.8 Å². The molecule has 0 radical (unpaired) electrons. The number of aromatic carboxylic acids is 1. The zero-order chi connectivity index (χ0) is 19.4. The second-order valence-electron chi connectivity index (χ2n) is 5.85. The summed E-state index contributed by atoms with van der Waals surface area (Å²) in [5, 5.41) is 20.5. The highest BCUT2D eigenvalue weighted by Crippen LogP contribution is 2.24. The summed E-state index contributed by atoms with van der Waals surface area (Å²) in [7, 11) is 0. The molecule has 0 unspecified atom stereocenters. The Morgan fingerprint density at radius 3 is 2.44 bits per heavy atom. The van der Waals surface area contributed by atoms with Crippen molar-refractivity contribution >= 4 is 17.7 Å². The van der Waals surface area contributed by atoms with E-state index in [0.717, 1.165) is 11.1 Å². The van der Waals surface area contributed by atoms with Gasteiger partial charge in [0.05, 0.1) is 11.7 Å². The first-order valence-electron chi connectivity index (χ1n) is 8.02. The van der Waals surface area contributed by atoms with Crippen molar-refractivity contribution in [3.05, 3.63) is 81.1 Å². The number of aromatic nitrogens is 2. The lowest BCUT2D eigenvalue weighted by Gasteiger charge is -2.08. The molecular weight excluding hydrogens is 362 g/mol. The van der Waals surface area contributed by atoms with E-state index in [0.29, 0.717) is 22.2 Å². The van der Waals surface area contributed by atoms with Crippen molar-refractivity contribution < 1.29 is 9.90 Å². The van der Waals surface area contributed by atoms with E-state index in [1.165, 1.54) is 23.9 Å². The van der Waals surface area contributed by atoms with Gasteiger partial charge in [-0.15, -0.1) is 0 Å². The van der Waals surface area contributed by atoms with Crippen LogP contribution in [-0.4, -0.2) is 15.9 Å². The highest BCUT2D eigenvalue weighted by Gasteiger charge is 2.13. The average Bonchev–Trinajstić information content (AvgIpc) is 2.67. The number of carboxylic acids is 1. The van der Waals surface area contributed by atoms with Crippen LogP contribution in [0.2, 0.25) is 0 Å². The summed E-state index contributed by atoms with van der Waals surface area (Å²) in [6.45, 7) is 1.95. The van der Waals surface area contributed by atoms with Crippen LogP contribution in [0.3, 0.4) is 0 Å². The summed E-state index contributed by atoms with van der Waals surface area (Å²) in [6, 6.07) is 15.7. The molecule has 2 aromatic carbocycles. The number of carbonyl (C=O) groups is 1.